The van der Waals surface area contributed by atoms with E-state index in [0.717, 1.165) is 5.76 Å². The van der Waals surface area contributed by atoms with Crippen molar-refractivity contribution < 1.29 is 4.42 Å². The van der Waals surface area contributed by atoms with Gasteiger partial charge in [-0.05, 0) is 73.8 Å². The number of hydrogen-bond donors (Lipinski definition) is 0. The molecule has 0 bridgehead atoms. The minimum absolute atomic E-state index is 0.250. The molecule has 0 amide bonds. The maximum Gasteiger partial charge on any atom is 0.133 e. The molecule has 5 aromatic rings. The fraction of sp³-hybridized carbons (Fsp3) is 0.133. The van der Waals surface area contributed by atoms with Gasteiger partial charge in [-0.1, -0.05) is 80.3 Å². The van der Waals surface area contributed by atoms with Gasteiger partial charge >= 0.3 is 0 Å². The third-order valence-electron chi connectivity index (χ3n) is 6.72. The number of allylic oxidation sites excluding steroid dienone is 1. The summed E-state index contributed by atoms with van der Waals surface area (Å²) >= 11 is 0. The van der Waals surface area contributed by atoms with Gasteiger partial charge in [0.1, 0.15) is 5.76 Å². The van der Waals surface area contributed by atoms with E-state index < -0.39 is 8.07 Å². The van der Waals surface area contributed by atoms with E-state index in [1.807, 2.05) is 6.26 Å². The van der Waals surface area contributed by atoms with E-state index in [-0.39, 0.29) is 5.92 Å². The Bertz CT molecular complexity index is 1510. The molecule has 0 aliphatic heterocycles. The van der Waals surface area contributed by atoms with Gasteiger partial charge in [-0.15, -0.1) is 0 Å². The molecule has 0 saturated heterocycles. The predicted molar refractivity (Wildman–Crippen MR) is 139 cm³/mol. The standard InChI is InChI=1S/C30H26OSi/c1-32(2,3)29-14-15-31-30(29)24-17-23-16-21-9-4-5-10-22(21)18-27(23)28(19-24)26-13-12-20-8-6-7-11-25(20)26/h4-19,26H,1-3H3. The Morgan fingerprint density at radius 1 is 0.719 bits per heavy atom. The molecule has 1 aliphatic rings. The van der Waals surface area contributed by atoms with E-state index in [1.165, 1.54) is 49.0 Å². The van der Waals surface area contributed by atoms with Crippen LogP contribution in [0.1, 0.15) is 22.6 Å². The lowest BCUT2D eigenvalue weighted by atomic mass is 9.86. The van der Waals surface area contributed by atoms with Crippen molar-refractivity contribution >= 4 is 40.9 Å². The van der Waals surface area contributed by atoms with Crippen LogP contribution in [0.25, 0.3) is 38.9 Å². The zero-order chi connectivity index (χ0) is 21.9. The topological polar surface area (TPSA) is 13.1 Å². The third kappa shape index (κ3) is 3.06. The van der Waals surface area contributed by atoms with Crippen LogP contribution >= 0.6 is 0 Å². The van der Waals surface area contributed by atoms with Crippen LogP contribution in [0, 0.1) is 0 Å². The van der Waals surface area contributed by atoms with Gasteiger partial charge < -0.3 is 4.42 Å². The summed E-state index contributed by atoms with van der Waals surface area (Å²) in [6.45, 7) is 7.15. The highest BCUT2D eigenvalue weighted by Gasteiger charge is 2.26. The van der Waals surface area contributed by atoms with Gasteiger partial charge in [-0.3, -0.25) is 0 Å². The SMILES string of the molecule is C[Si](C)(C)c1ccoc1-c1cc(C2C=Cc3ccccc32)c2cc3ccccc3cc2c1. The van der Waals surface area contributed by atoms with Crippen LogP contribution < -0.4 is 5.19 Å². The average Bonchev–Trinajstić information content (AvgIpc) is 3.44. The number of rotatable bonds is 3. The second-order valence-corrected chi connectivity index (χ2v) is 14.9. The van der Waals surface area contributed by atoms with Crippen LogP contribution in [0.3, 0.4) is 0 Å². The molecule has 4 aromatic carbocycles. The Hall–Kier alpha value is -3.36. The Kier molecular flexibility index (Phi) is 4.28. The second kappa shape index (κ2) is 7.08. The van der Waals surface area contributed by atoms with Gasteiger partial charge in [0.05, 0.1) is 14.3 Å². The van der Waals surface area contributed by atoms with Crippen molar-refractivity contribution in [2.75, 3.05) is 0 Å². The van der Waals surface area contributed by atoms with Crippen molar-refractivity contribution in [1.82, 2.24) is 0 Å². The maximum absolute atomic E-state index is 6.12. The first-order valence-electron chi connectivity index (χ1n) is 11.3. The van der Waals surface area contributed by atoms with E-state index in [9.17, 15) is 0 Å². The predicted octanol–water partition coefficient (Wildman–Crippen LogP) is 7.96. The summed E-state index contributed by atoms with van der Waals surface area (Å²) in [5.74, 6) is 1.29. The first-order chi connectivity index (χ1) is 15.5. The molecule has 1 atom stereocenters. The van der Waals surface area contributed by atoms with Crippen LogP contribution in [0.15, 0.2) is 95.6 Å². The number of hydrogen-bond acceptors (Lipinski definition) is 1. The minimum Gasteiger partial charge on any atom is -0.465 e. The Balaban J connectivity index is 1.66. The molecule has 0 radical (unpaired) electrons. The van der Waals surface area contributed by atoms with Crippen molar-refractivity contribution in [3.8, 4) is 11.3 Å². The number of fused-ring (bicyclic) bond motifs is 3. The lowest BCUT2D eigenvalue weighted by Gasteiger charge is -2.19. The van der Waals surface area contributed by atoms with Crippen LogP contribution in [-0.2, 0) is 0 Å². The Morgan fingerprint density at radius 3 is 2.28 bits per heavy atom. The van der Waals surface area contributed by atoms with Gasteiger partial charge in [0, 0.05) is 11.5 Å². The van der Waals surface area contributed by atoms with Gasteiger partial charge in [0.2, 0.25) is 0 Å². The van der Waals surface area contributed by atoms with Crippen molar-refractivity contribution in [3.63, 3.8) is 0 Å². The smallest absolute Gasteiger partial charge is 0.133 e. The summed E-state index contributed by atoms with van der Waals surface area (Å²) < 4.78 is 6.12. The van der Waals surface area contributed by atoms with E-state index in [2.05, 4.69) is 111 Å². The third-order valence-corrected chi connectivity index (χ3v) is 8.73. The molecular formula is C30H26OSi. The zero-order valence-electron chi connectivity index (χ0n) is 18.7. The van der Waals surface area contributed by atoms with E-state index in [4.69, 9.17) is 4.42 Å². The van der Waals surface area contributed by atoms with Crippen molar-refractivity contribution in [2.24, 2.45) is 0 Å². The highest BCUT2D eigenvalue weighted by molar-refractivity contribution is 6.89. The largest absolute Gasteiger partial charge is 0.465 e. The van der Waals surface area contributed by atoms with Crippen LogP contribution in [0.4, 0.5) is 0 Å². The quantitative estimate of drug-likeness (QED) is 0.209. The molecule has 0 fully saturated rings. The van der Waals surface area contributed by atoms with Gasteiger partial charge in [-0.25, -0.2) is 0 Å². The molecule has 0 spiro atoms. The summed E-state index contributed by atoms with van der Waals surface area (Å²) in [5.41, 5.74) is 5.23. The average molecular weight is 431 g/mol. The van der Waals surface area contributed by atoms with Crippen LogP contribution in [0.5, 0.6) is 0 Å². The molecule has 0 N–H and O–H groups in total. The molecule has 6 rings (SSSR count). The van der Waals surface area contributed by atoms with Crippen LogP contribution in [-0.4, -0.2) is 8.07 Å². The molecule has 156 valence electrons. The van der Waals surface area contributed by atoms with Crippen molar-refractivity contribution in [1.29, 1.82) is 0 Å². The fourth-order valence-corrected chi connectivity index (χ4v) is 6.57. The molecule has 0 saturated carbocycles. The molecule has 32 heavy (non-hydrogen) atoms. The molecule has 1 unspecified atom stereocenters. The highest BCUT2D eigenvalue weighted by atomic mass is 28.3. The minimum atomic E-state index is -1.53. The summed E-state index contributed by atoms with van der Waals surface area (Å²) in [5, 5.41) is 6.53. The monoisotopic (exact) mass is 430 g/mol. The molecule has 1 aliphatic carbocycles. The highest BCUT2D eigenvalue weighted by Crippen LogP contribution is 2.41. The lowest BCUT2D eigenvalue weighted by molar-refractivity contribution is 0.583. The van der Waals surface area contributed by atoms with E-state index in [0.29, 0.717) is 0 Å². The first-order valence-corrected chi connectivity index (χ1v) is 14.8. The maximum atomic E-state index is 6.12. The van der Waals surface area contributed by atoms with Gasteiger partial charge in [0.15, 0.2) is 0 Å². The second-order valence-electron chi connectivity index (χ2n) is 9.87. The summed E-state index contributed by atoms with van der Waals surface area (Å²) in [4.78, 5) is 0. The molecule has 2 heteroatoms. The zero-order valence-corrected chi connectivity index (χ0v) is 19.7. The first kappa shape index (κ1) is 19.3. The van der Waals surface area contributed by atoms with Crippen molar-refractivity contribution in [2.45, 2.75) is 25.6 Å². The molecular weight excluding hydrogens is 404 g/mol. The Labute approximate surface area is 190 Å². The van der Waals surface area contributed by atoms with E-state index >= 15 is 0 Å². The van der Waals surface area contributed by atoms with Gasteiger partial charge in [0.25, 0.3) is 0 Å². The summed E-state index contributed by atoms with van der Waals surface area (Å²) in [6, 6.07) is 29.0. The van der Waals surface area contributed by atoms with Gasteiger partial charge in [-0.2, -0.15) is 0 Å². The molecule has 1 nitrogen and oxygen atoms in total. The fourth-order valence-electron chi connectivity index (χ4n) is 5.11. The number of furan rings is 1. The van der Waals surface area contributed by atoms with Crippen LogP contribution in [0.2, 0.25) is 19.6 Å². The summed E-state index contributed by atoms with van der Waals surface area (Å²) in [7, 11) is -1.53. The molecule has 1 aromatic heterocycles. The van der Waals surface area contributed by atoms with Crippen molar-refractivity contribution in [3.05, 3.63) is 108 Å². The normalized spacial score (nSPS) is 15.5. The Morgan fingerprint density at radius 2 is 1.47 bits per heavy atom. The lowest BCUT2D eigenvalue weighted by Crippen LogP contribution is -2.37. The number of benzene rings is 4. The van der Waals surface area contributed by atoms with E-state index in [1.54, 1.807) is 0 Å². The summed E-state index contributed by atoms with van der Waals surface area (Å²) in [6.07, 6.45) is 6.47. The molecule has 1 heterocycles.